The molecular formula is C18H22N4O3. The smallest absolute Gasteiger partial charge is 0.331 e. The molecule has 2 fully saturated rings. The minimum absolute atomic E-state index is 0.0792. The summed E-state index contributed by atoms with van der Waals surface area (Å²) < 4.78 is 2.38. The first-order valence-corrected chi connectivity index (χ1v) is 8.88. The maximum Gasteiger partial charge on any atom is 0.332 e. The Balaban J connectivity index is 1.79. The van der Waals surface area contributed by atoms with E-state index in [0.717, 1.165) is 43.1 Å². The highest BCUT2D eigenvalue weighted by Crippen LogP contribution is 2.35. The van der Waals surface area contributed by atoms with Crippen molar-refractivity contribution in [3.05, 3.63) is 38.7 Å². The second kappa shape index (κ2) is 5.82. The number of rotatable bonds is 3. The molecule has 0 spiro atoms. The minimum Gasteiger partial charge on any atom is -0.331 e. The van der Waals surface area contributed by atoms with Crippen molar-refractivity contribution in [2.24, 2.45) is 14.1 Å². The van der Waals surface area contributed by atoms with E-state index >= 15 is 0 Å². The van der Waals surface area contributed by atoms with Crippen molar-refractivity contribution in [3.8, 4) is 0 Å². The third-order valence-electron chi connectivity index (χ3n) is 5.41. The molecule has 0 radical (unpaired) electrons. The zero-order valence-electron chi connectivity index (χ0n) is 14.6. The van der Waals surface area contributed by atoms with E-state index in [1.165, 1.54) is 11.6 Å². The molecule has 132 valence electrons. The van der Waals surface area contributed by atoms with E-state index in [1.807, 2.05) is 4.90 Å². The normalized spacial score (nSPS) is 18.0. The SMILES string of the molecule is Cn1c(=O)c2ccc(C(=O)N(C3CCCC3)C3CC3)nc2n(C)c1=O. The predicted molar refractivity (Wildman–Crippen MR) is 93.7 cm³/mol. The molecule has 0 aromatic carbocycles. The van der Waals surface area contributed by atoms with Crippen LogP contribution in [-0.4, -0.2) is 37.0 Å². The van der Waals surface area contributed by atoms with Crippen molar-refractivity contribution >= 4 is 16.9 Å². The third-order valence-corrected chi connectivity index (χ3v) is 5.41. The number of pyridine rings is 1. The van der Waals surface area contributed by atoms with E-state index in [-0.39, 0.29) is 17.1 Å². The van der Waals surface area contributed by atoms with Crippen molar-refractivity contribution in [1.29, 1.82) is 0 Å². The number of aromatic nitrogens is 3. The molecule has 2 aliphatic carbocycles. The predicted octanol–water partition coefficient (Wildman–Crippen LogP) is 1.18. The van der Waals surface area contributed by atoms with Crippen LogP contribution in [0.15, 0.2) is 21.7 Å². The summed E-state index contributed by atoms with van der Waals surface area (Å²) in [5, 5.41) is 0.347. The first kappa shape index (κ1) is 16.1. The number of carbonyl (C=O) groups is 1. The number of hydrogen-bond donors (Lipinski definition) is 0. The van der Waals surface area contributed by atoms with Crippen LogP contribution in [0.4, 0.5) is 0 Å². The van der Waals surface area contributed by atoms with Crippen molar-refractivity contribution in [3.63, 3.8) is 0 Å². The molecule has 0 bridgehead atoms. The number of carbonyl (C=O) groups excluding carboxylic acids is 1. The van der Waals surface area contributed by atoms with Gasteiger partial charge in [0.25, 0.3) is 11.5 Å². The summed E-state index contributed by atoms with van der Waals surface area (Å²) in [6.07, 6.45) is 6.53. The van der Waals surface area contributed by atoms with Gasteiger partial charge in [-0.25, -0.2) is 9.78 Å². The van der Waals surface area contributed by atoms with E-state index in [9.17, 15) is 14.4 Å². The highest BCUT2D eigenvalue weighted by atomic mass is 16.2. The van der Waals surface area contributed by atoms with Gasteiger partial charge < -0.3 is 4.90 Å². The molecule has 2 heterocycles. The van der Waals surface area contributed by atoms with Gasteiger partial charge >= 0.3 is 5.69 Å². The van der Waals surface area contributed by atoms with Crippen LogP contribution < -0.4 is 11.2 Å². The summed E-state index contributed by atoms with van der Waals surface area (Å²) in [5.74, 6) is -0.0792. The van der Waals surface area contributed by atoms with Gasteiger partial charge in [-0.15, -0.1) is 0 Å². The van der Waals surface area contributed by atoms with Crippen LogP contribution in [0.2, 0.25) is 0 Å². The summed E-state index contributed by atoms with van der Waals surface area (Å²) >= 11 is 0. The minimum atomic E-state index is -0.440. The van der Waals surface area contributed by atoms with Crippen LogP contribution >= 0.6 is 0 Å². The summed E-state index contributed by atoms with van der Waals surface area (Å²) in [6, 6.07) is 3.84. The number of amides is 1. The molecule has 4 rings (SSSR count). The Kier molecular flexibility index (Phi) is 3.74. The zero-order valence-corrected chi connectivity index (χ0v) is 14.6. The van der Waals surface area contributed by atoms with Crippen LogP contribution in [0.3, 0.4) is 0 Å². The van der Waals surface area contributed by atoms with Crippen LogP contribution in [0, 0.1) is 0 Å². The van der Waals surface area contributed by atoms with E-state index in [1.54, 1.807) is 19.2 Å². The Labute approximate surface area is 144 Å². The fraction of sp³-hybridized carbons (Fsp3) is 0.556. The molecule has 0 atom stereocenters. The van der Waals surface area contributed by atoms with Crippen LogP contribution in [-0.2, 0) is 14.1 Å². The molecule has 7 nitrogen and oxygen atoms in total. The van der Waals surface area contributed by atoms with E-state index < -0.39 is 5.69 Å². The lowest BCUT2D eigenvalue weighted by molar-refractivity contribution is 0.0658. The number of nitrogens with zero attached hydrogens (tertiary/aromatic N) is 4. The average molecular weight is 342 g/mol. The van der Waals surface area contributed by atoms with Gasteiger partial charge in [-0.1, -0.05) is 12.8 Å². The number of fused-ring (bicyclic) bond motifs is 1. The summed E-state index contributed by atoms with van der Waals surface area (Å²) in [5.41, 5.74) is -0.250. The summed E-state index contributed by atoms with van der Waals surface area (Å²) in [6.45, 7) is 0. The Morgan fingerprint density at radius 1 is 1.04 bits per heavy atom. The van der Waals surface area contributed by atoms with Crippen LogP contribution in [0.25, 0.3) is 11.0 Å². The molecule has 0 aliphatic heterocycles. The standard InChI is InChI=1S/C18H22N4O3/c1-20-15-13(16(23)21(2)18(20)25)9-10-14(19-15)17(24)22(12-7-8-12)11-5-3-4-6-11/h9-12H,3-8H2,1-2H3. The molecule has 2 aromatic rings. The largest absolute Gasteiger partial charge is 0.332 e. The quantitative estimate of drug-likeness (QED) is 0.839. The van der Waals surface area contributed by atoms with E-state index in [2.05, 4.69) is 4.98 Å². The van der Waals surface area contributed by atoms with Crippen molar-refractivity contribution < 1.29 is 4.79 Å². The van der Waals surface area contributed by atoms with Crippen molar-refractivity contribution in [2.45, 2.75) is 50.6 Å². The molecule has 2 saturated carbocycles. The Morgan fingerprint density at radius 2 is 1.68 bits per heavy atom. The number of hydrogen-bond acceptors (Lipinski definition) is 4. The van der Waals surface area contributed by atoms with E-state index in [0.29, 0.717) is 23.2 Å². The molecule has 0 saturated heterocycles. The second-order valence-corrected chi connectivity index (χ2v) is 7.16. The maximum atomic E-state index is 13.1. The fourth-order valence-corrected chi connectivity index (χ4v) is 3.87. The van der Waals surface area contributed by atoms with Gasteiger partial charge in [-0.3, -0.25) is 18.7 Å². The van der Waals surface area contributed by atoms with E-state index in [4.69, 9.17) is 0 Å². The maximum absolute atomic E-state index is 13.1. The second-order valence-electron chi connectivity index (χ2n) is 7.16. The van der Waals surface area contributed by atoms with Gasteiger partial charge in [0.15, 0.2) is 0 Å². The molecule has 1 amide bonds. The lowest BCUT2D eigenvalue weighted by atomic mass is 10.1. The van der Waals surface area contributed by atoms with Gasteiger partial charge in [0.1, 0.15) is 11.3 Å². The fourth-order valence-electron chi connectivity index (χ4n) is 3.87. The highest BCUT2D eigenvalue weighted by Gasteiger charge is 2.39. The Hall–Kier alpha value is -2.44. The molecule has 25 heavy (non-hydrogen) atoms. The van der Waals surface area contributed by atoms with Crippen molar-refractivity contribution in [1.82, 2.24) is 19.0 Å². The molecular weight excluding hydrogens is 320 g/mol. The van der Waals surface area contributed by atoms with Gasteiger partial charge in [0.05, 0.1) is 5.39 Å². The lowest BCUT2D eigenvalue weighted by Crippen LogP contribution is -2.41. The molecule has 2 aliphatic rings. The van der Waals surface area contributed by atoms with Gasteiger partial charge in [-0.05, 0) is 37.8 Å². The highest BCUT2D eigenvalue weighted by molar-refractivity contribution is 5.95. The topological polar surface area (TPSA) is 77.2 Å². The van der Waals surface area contributed by atoms with Gasteiger partial charge in [-0.2, -0.15) is 0 Å². The monoisotopic (exact) mass is 342 g/mol. The van der Waals surface area contributed by atoms with Crippen LogP contribution in [0.5, 0.6) is 0 Å². The summed E-state index contributed by atoms with van der Waals surface area (Å²) in [4.78, 5) is 43.9. The summed E-state index contributed by atoms with van der Waals surface area (Å²) in [7, 11) is 3.01. The zero-order chi connectivity index (χ0) is 17.7. The first-order chi connectivity index (χ1) is 12.0. The van der Waals surface area contributed by atoms with Crippen LogP contribution in [0.1, 0.15) is 49.0 Å². The Morgan fingerprint density at radius 3 is 2.32 bits per heavy atom. The molecule has 7 heteroatoms. The molecule has 2 aromatic heterocycles. The van der Waals surface area contributed by atoms with Crippen molar-refractivity contribution in [2.75, 3.05) is 0 Å². The Bertz CT molecular complexity index is 965. The average Bonchev–Trinajstić information content (AvgIpc) is 3.31. The molecule has 0 unspecified atom stereocenters. The molecule has 0 N–H and O–H groups in total. The van der Waals surface area contributed by atoms with Gasteiger partial charge in [0, 0.05) is 26.2 Å². The first-order valence-electron chi connectivity index (χ1n) is 8.88. The lowest BCUT2D eigenvalue weighted by Gasteiger charge is -2.28. The third kappa shape index (κ3) is 2.58. The number of aryl methyl sites for hydroxylation is 1. The van der Waals surface area contributed by atoms with Gasteiger partial charge in [0.2, 0.25) is 0 Å².